The van der Waals surface area contributed by atoms with E-state index < -0.39 is 11.5 Å². The molecule has 1 amide bonds. The molecule has 0 saturated heterocycles. The van der Waals surface area contributed by atoms with Gasteiger partial charge in [0.05, 0.1) is 0 Å². The van der Waals surface area contributed by atoms with Crippen molar-refractivity contribution in [1.29, 1.82) is 0 Å². The number of primary amides is 1. The van der Waals surface area contributed by atoms with Crippen LogP contribution in [-0.4, -0.2) is 11.0 Å². The third kappa shape index (κ3) is 1.89. The van der Waals surface area contributed by atoms with Crippen LogP contribution in [0.15, 0.2) is 28.7 Å². The van der Waals surface area contributed by atoms with Crippen molar-refractivity contribution >= 4 is 21.8 Å². The highest BCUT2D eigenvalue weighted by Crippen LogP contribution is 2.27. The zero-order chi connectivity index (χ0) is 10.1. The summed E-state index contributed by atoms with van der Waals surface area (Å²) in [4.78, 5) is 10.9. The first kappa shape index (κ1) is 10.2. The zero-order valence-corrected chi connectivity index (χ0v) is 8.71. The van der Waals surface area contributed by atoms with Crippen LogP contribution in [0.4, 0.5) is 0 Å². The highest BCUT2D eigenvalue weighted by Gasteiger charge is 2.31. The van der Waals surface area contributed by atoms with E-state index in [1.165, 1.54) is 6.92 Å². The first-order chi connectivity index (χ1) is 5.96. The smallest absolute Gasteiger partial charge is 0.253 e. The van der Waals surface area contributed by atoms with Crippen LogP contribution in [-0.2, 0) is 10.4 Å². The Bertz CT molecular complexity index is 336. The Hall–Kier alpha value is -0.870. The number of carbonyl (C=O) groups excluding carboxylic acids is 1. The number of rotatable bonds is 2. The molecular formula is C9H10BrNO2. The van der Waals surface area contributed by atoms with Crippen LogP contribution < -0.4 is 5.73 Å². The molecule has 0 saturated carbocycles. The Morgan fingerprint density at radius 2 is 2.08 bits per heavy atom. The van der Waals surface area contributed by atoms with Crippen LogP contribution in [0.5, 0.6) is 0 Å². The lowest BCUT2D eigenvalue weighted by Gasteiger charge is -2.20. The van der Waals surface area contributed by atoms with E-state index >= 15 is 0 Å². The molecular weight excluding hydrogens is 234 g/mol. The maximum absolute atomic E-state index is 10.9. The summed E-state index contributed by atoms with van der Waals surface area (Å²) in [7, 11) is 0. The van der Waals surface area contributed by atoms with Gasteiger partial charge in [0.1, 0.15) is 0 Å². The second kappa shape index (κ2) is 3.47. The second-order valence-corrected chi connectivity index (χ2v) is 3.77. The first-order valence-electron chi connectivity index (χ1n) is 3.73. The van der Waals surface area contributed by atoms with Crippen molar-refractivity contribution in [2.24, 2.45) is 5.73 Å². The average Bonchev–Trinajstić information content (AvgIpc) is 2.04. The normalized spacial score (nSPS) is 15.0. The van der Waals surface area contributed by atoms with Crippen LogP contribution in [0, 0.1) is 0 Å². The molecule has 1 aromatic rings. The maximum Gasteiger partial charge on any atom is 0.253 e. The molecule has 70 valence electrons. The van der Waals surface area contributed by atoms with Gasteiger partial charge in [-0.15, -0.1) is 0 Å². The molecule has 0 aliphatic heterocycles. The Balaban J connectivity index is 3.22. The van der Waals surface area contributed by atoms with Crippen molar-refractivity contribution < 1.29 is 9.90 Å². The predicted octanol–water partition coefficient (Wildman–Crippen LogP) is 1.14. The van der Waals surface area contributed by atoms with Gasteiger partial charge in [-0.25, -0.2) is 0 Å². The van der Waals surface area contributed by atoms with Gasteiger partial charge in [0.2, 0.25) is 0 Å². The summed E-state index contributed by atoms with van der Waals surface area (Å²) in [5.74, 6) is -0.764. The van der Waals surface area contributed by atoms with E-state index in [0.717, 1.165) is 0 Å². The van der Waals surface area contributed by atoms with Gasteiger partial charge in [0.15, 0.2) is 5.60 Å². The molecule has 3 nitrogen and oxygen atoms in total. The molecule has 0 fully saturated rings. The minimum atomic E-state index is -1.62. The first-order valence-corrected chi connectivity index (χ1v) is 4.53. The van der Waals surface area contributed by atoms with Crippen molar-refractivity contribution in [3.8, 4) is 0 Å². The average molecular weight is 244 g/mol. The number of aliphatic hydroxyl groups is 1. The third-order valence-corrected chi connectivity index (χ3v) is 2.57. The summed E-state index contributed by atoms with van der Waals surface area (Å²) in [6.45, 7) is 1.37. The fourth-order valence-corrected chi connectivity index (χ4v) is 1.66. The molecule has 13 heavy (non-hydrogen) atoms. The Kier molecular flexibility index (Phi) is 2.73. The molecule has 0 radical (unpaired) electrons. The van der Waals surface area contributed by atoms with Crippen LogP contribution in [0.2, 0.25) is 0 Å². The lowest BCUT2D eigenvalue weighted by Crippen LogP contribution is -2.38. The van der Waals surface area contributed by atoms with E-state index in [1.54, 1.807) is 24.3 Å². The minimum absolute atomic E-state index is 0.475. The van der Waals surface area contributed by atoms with E-state index in [0.29, 0.717) is 10.0 Å². The summed E-state index contributed by atoms with van der Waals surface area (Å²) in [5, 5.41) is 9.74. The van der Waals surface area contributed by atoms with E-state index in [2.05, 4.69) is 15.9 Å². The lowest BCUT2D eigenvalue weighted by molar-refractivity contribution is -0.135. The summed E-state index contributed by atoms with van der Waals surface area (Å²) < 4.78 is 0.666. The second-order valence-electron chi connectivity index (χ2n) is 2.92. The third-order valence-electron chi connectivity index (χ3n) is 1.88. The van der Waals surface area contributed by atoms with Gasteiger partial charge in [0.25, 0.3) is 5.91 Å². The van der Waals surface area contributed by atoms with Crippen LogP contribution >= 0.6 is 15.9 Å². The van der Waals surface area contributed by atoms with E-state index in [4.69, 9.17) is 5.73 Å². The summed E-state index contributed by atoms with van der Waals surface area (Å²) >= 11 is 3.23. The SMILES string of the molecule is CC(O)(C(N)=O)c1ccccc1Br. The van der Waals surface area contributed by atoms with Gasteiger partial charge in [-0.05, 0) is 13.0 Å². The summed E-state index contributed by atoms with van der Waals surface area (Å²) in [6.07, 6.45) is 0. The van der Waals surface area contributed by atoms with E-state index in [-0.39, 0.29) is 0 Å². The number of hydrogen-bond donors (Lipinski definition) is 2. The van der Waals surface area contributed by atoms with Gasteiger partial charge in [-0.1, -0.05) is 34.1 Å². The summed E-state index contributed by atoms with van der Waals surface area (Å²) in [6, 6.07) is 6.92. The van der Waals surface area contributed by atoms with Crippen molar-refractivity contribution in [1.82, 2.24) is 0 Å². The quantitative estimate of drug-likeness (QED) is 0.819. The molecule has 0 bridgehead atoms. The number of benzene rings is 1. The lowest BCUT2D eigenvalue weighted by atomic mass is 9.96. The summed E-state index contributed by atoms with van der Waals surface area (Å²) in [5.41, 5.74) is 3.91. The predicted molar refractivity (Wildman–Crippen MR) is 52.9 cm³/mol. The van der Waals surface area contributed by atoms with E-state index in [1.807, 2.05) is 0 Å². The van der Waals surface area contributed by atoms with Crippen LogP contribution in [0.3, 0.4) is 0 Å². The van der Waals surface area contributed by atoms with Crippen molar-refractivity contribution in [3.05, 3.63) is 34.3 Å². The Morgan fingerprint density at radius 1 is 1.54 bits per heavy atom. The van der Waals surface area contributed by atoms with Crippen molar-refractivity contribution in [2.75, 3.05) is 0 Å². The number of halogens is 1. The van der Waals surface area contributed by atoms with Gasteiger partial charge in [-0.2, -0.15) is 0 Å². The molecule has 1 unspecified atom stereocenters. The minimum Gasteiger partial charge on any atom is -0.375 e. The fraction of sp³-hybridized carbons (Fsp3) is 0.222. The van der Waals surface area contributed by atoms with Crippen LogP contribution in [0.25, 0.3) is 0 Å². The largest absolute Gasteiger partial charge is 0.375 e. The van der Waals surface area contributed by atoms with Gasteiger partial charge < -0.3 is 10.8 Å². The topological polar surface area (TPSA) is 63.3 Å². The van der Waals surface area contributed by atoms with Crippen LogP contribution in [0.1, 0.15) is 12.5 Å². The molecule has 0 aliphatic rings. The van der Waals surface area contributed by atoms with E-state index in [9.17, 15) is 9.90 Å². The Labute approximate surface area is 84.7 Å². The zero-order valence-electron chi connectivity index (χ0n) is 7.12. The van der Waals surface area contributed by atoms with Crippen molar-refractivity contribution in [2.45, 2.75) is 12.5 Å². The van der Waals surface area contributed by atoms with Gasteiger partial charge in [-0.3, -0.25) is 4.79 Å². The maximum atomic E-state index is 10.9. The number of carbonyl (C=O) groups is 1. The Morgan fingerprint density at radius 3 is 2.54 bits per heavy atom. The highest BCUT2D eigenvalue weighted by atomic mass is 79.9. The molecule has 4 heteroatoms. The molecule has 1 aromatic carbocycles. The standard InChI is InChI=1S/C9H10BrNO2/c1-9(13,8(11)12)6-4-2-3-5-7(6)10/h2-5,13H,1H3,(H2,11,12). The number of hydrogen-bond acceptors (Lipinski definition) is 2. The van der Waals surface area contributed by atoms with Crippen molar-refractivity contribution in [3.63, 3.8) is 0 Å². The molecule has 0 aliphatic carbocycles. The molecule has 0 spiro atoms. The highest BCUT2D eigenvalue weighted by molar-refractivity contribution is 9.10. The molecule has 0 heterocycles. The molecule has 3 N–H and O–H groups in total. The molecule has 0 aromatic heterocycles. The molecule has 1 rings (SSSR count). The fourth-order valence-electron chi connectivity index (χ4n) is 0.989. The van der Waals surface area contributed by atoms with Gasteiger partial charge in [0, 0.05) is 10.0 Å². The molecule has 1 atom stereocenters. The monoisotopic (exact) mass is 243 g/mol. The number of amides is 1. The van der Waals surface area contributed by atoms with Gasteiger partial charge >= 0.3 is 0 Å². The number of nitrogens with two attached hydrogens (primary N) is 1.